The van der Waals surface area contributed by atoms with Gasteiger partial charge in [-0.15, -0.1) is 0 Å². The van der Waals surface area contributed by atoms with Gasteiger partial charge >= 0.3 is 18.1 Å². The Morgan fingerprint density at radius 2 is 0.851 bits per heavy atom. The summed E-state index contributed by atoms with van der Waals surface area (Å²) in [6.45, 7) is 33.6. The standard InChI is InChI=1S/C88H126N18O15/c1-78(2,3)63(95-75(116)101-20-22-120-56(38-101)51-30-88(51)28-46(68(109)100-88)25-49(33-91)94-71(112)62-59-55(83(59,14)15)37-106(62)74(115)65(80(7,8)9)97-77(118)103-40-86(41-103)17-16-21-121-86)72(113)104-35-53-58(81(53,10)11)61(104)70(111)93-48(32-90)24-45-27-87(99-67(45)108)29-50(87)52-34-102(39-84(52)42-119-43-84)76(117)96-64(79(4,5)6)73(114)105-36-54-57(82(54,12)13)60(105)69(110)92-47(31-89)23-44-26-85(18-19-85)98-66(44)107/h44-65H,16-30,34-43H2,1-15H3,(H,92,110)(H,93,111)(H,94,112)(H,95,116)(H,96,117)(H,97,118)(H,98,107)(H,99,108)(H,100,109). The summed E-state index contributed by atoms with van der Waals surface area (Å²) >= 11 is 0. The van der Waals surface area contributed by atoms with Crippen molar-refractivity contribution in [1.82, 2.24) is 77.3 Å². The third-order valence-corrected chi connectivity index (χ3v) is 33.1. The third kappa shape index (κ3) is 14.6. The summed E-state index contributed by atoms with van der Waals surface area (Å²) in [4.78, 5) is 183. The molecule has 24 unspecified atom stereocenters. The predicted molar refractivity (Wildman–Crippen MR) is 432 cm³/mol. The highest BCUT2D eigenvalue weighted by Gasteiger charge is 2.75. The van der Waals surface area contributed by atoms with Crippen molar-refractivity contribution in [3.63, 3.8) is 0 Å². The number of morpholine rings is 1. The van der Waals surface area contributed by atoms with Crippen molar-refractivity contribution < 1.29 is 71.7 Å². The van der Waals surface area contributed by atoms with Gasteiger partial charge in [0, 0.05) is 98.1 Å². The Kier molecular flexibility index (Phi) is 20.1. The molecule has 5 spiro atoms. The molecule has 33 nitrogen and oxygen atoms in total. The van der Waals surface area contributed by atoms with Crippen molar-refractivity contribution in [2.75, 3.05) is 85.3 Å². The summed E-state index contributed by atoms with van der Waals surface area (Å²) in [6, 6.07) is -3.59. The molecule has 0 aromatic heterocycles. The molecular formula is C88H126N18O15. The molecule has 11 aliphatic heterocycles. The Bertz CT molecular complexity index is 4490. The zero-order valence-corrected chi connectivity index (χ0v) is 73.0. The number of hydrogen-bond acceptors (Lipinski definition) is 18. The Morgan fingerprint density at radius 1 is 0.455 bits per heavy atom. The first-order chi connectivity index (χ1) is 56.7. The van der Waals surface area contributed by atoms with Crippen LogP contribution < -0.4 is 47.9 Å². The fourth-order valence-corrected chi connectivity index (χ4v) is 25.2. The summed E-state index contributed by atoms with van der Waals surface area (Å²) < 4.78 is 18.2. The van der Waals surface area contributed by atoms with E-state index in [9.17, 15) is 63.7 Å². The largest absolute Gasteiger partial charge is 0.380 e. The molecule has 658 valence electrons. The van der Waals surface area contributed by atoms with Gasteiger partial charge in [0.2, 0.25) is 53.2 Å². The first-order valence-electron chi connectivity index (χ1n) is 44.6. The van der Waals surface area contributed by atoms with Crippen molar-refractivity contribution in [2.45, 2.75) is 264 Å². The zero-order valence-electron chi connectivity index (χ0n) is 73.0. The molecule has 0 bridgehead atoms. The SMILES string of the molecule is CC(C)(C)C(NC(=O)N1CCOC(C2CC23CC(CC(C#N)NC(=O)C2C4C(CN2C(=O)C(NC(=O)N2CC5(CCCO5)C2)C(C)(C)C)C4(C)C)C(=O)N3)C1)C(=O)N1CC2C(C1C(=O)NC(C#N)CC1CC3(CC3C3CN(C(=O)NC(C(=O)N4CC5C(C4C(=O)NC(C#N)CC4CC6(CC6)NC4=O)C5(C)C)C(C)(C)C)CC34COC4)NC1=O)C2(C)C. The Balaban J connectivity index is 0.489. The molecule has 6 aliphatic carbocycles. The van der Waals surface area contributed by atoms with Crippen LogP contribution in [-0.4, -0.2) is 269 Å². The minimum atomic E-state index is -1.11. The number of piperidine rings is 3. The normalized spacial score (nSPS) is 36.8. The van der Waals surface area contributed by atoms with E-state index in [0.717, 1.165) is 25.7 Å². The molecule has 11 heterocycles. The average Bonchev–Trinajstić information content (AvgIpc) is 1.53. The monoisotopic (exact) mass is 1670 g/mol. The number of likely N-dealkylation sites (tertiary alicyclic amines) is 5. The zero-order chi connectivity index (χ0) is 86.9. The number of ether oxygens (including phenoxy) is 3. The molecular weight excluding hydrogens is 1550 g/mol. The predicted octanol–water partition coefficient (Wildman–Crippen LogP) is 2.98. The maximum absolute atomic E-state index is 15.3. The minimum Gasteiger partial charge on any atom is -0.380 e. The van der Waals surface area contributed by atoms with Gasteiger partial charge in [0.25, 0.3) is 0 Å². The van der Waals surface area contributed by atoms with Gasteiger partial charge in [-0.3, -0.25) is 43.2 Å². The first-order valence-corrected chi connectivity index (χ1v) is 44.6. The van der Waals surface area contributed by atoms with Gasteiger partial charge in [0.1, 0.15) is 60.0 Å². The molecule has 6 saturated carbocycles. The van der Waals surface area contributed by atoms with Crippen molar-refractivity contribution >= 4 is 71.3 Å². The van der Waals surface area contributed by atoms with E-state index in [1.54, 1.807) is 29.4 Å². The lowest BCUT2D eigenvalue weighted by molar-refractivity contribution is -0.144. The molecule has 33 heteroatoms. The molecule has 17 rings (SSSR count). The number of amides is 15. The lowest BCUT2D eigenvalue weighted by Gasteiger charge is -2.47. The number of nitrogens with one attached hydrogen (secondary N) is 9. The van der Waals surface area contributed by atoms with Gasteiger partial charge < -0.3 is 91.5 Å². The topological polar surface area (TPSA) is 432 Å². The molecule has 0 radical (unpaired) electrons. The van der Waals surface area contributed by atoms with Crippen molar-refractivity contribution in [2.24, 2.45) is 109 Å². The molecule has 15 amide bonds. The van der Waals surface area contributed by atoms with E-state index < -0.39 is 153 Å². The van der Waals surface area contributed by atoms with Gasteiger partial charge in [0.15, 0.2) is 0 Å². The van der Waals surface area contributed by atoms with Gasteiger partial charge in [-0.05, 0) is 157 Å². The van der Waals surface area contributed by atoms with E-state index in [0.29, 0.717) is 91.2 Å². The summed E-state index contributed by atoms with van der Waals surface area (Å²) in [5.41, 5.74) is -5.42. The van der Waals surface area contributed by atoms with Crippen LogP contribution in [0.3, 0.4) is 0 Å². The van der Waals surface area contributed by atoms with Gasteiger partial charge in [-0.25, -0.2) is 14.4 Å². The van der Waals surface area contributed by atoms with Crippen molar-refractivity contribution in [3.8, 4) is 18.2 Å². The van der Waals surface area contributed by atoms with E-state index in [-0.39, 0.29) is 156 Å². The molecule has 9 N–H and O–H groups in total. The van der Waals surface area contributed by atoms with E-state index in [1.165, 1.54) is 0 Å². The Morgan fingerprint density at radius 3 is 1.23 bits per heavy atom. The van der Waals surface area contributed by atoms with Crippen molar-refractivity contribution in [1.29, 1.82) is 15.8 Å². The molecule has 0 aromatic rings. The van der Waals surface area contributed by atoms with E-state index in [1.807, 2.05) is 62.3 Å². The summed E-state index contributed by atoms with van der Waals surface area (Å²) in [5, 5.41) is 59.3. The lowest BCUT2D eigenvalue weighted by atomic mass is 9.72. The molecule has 121 heavy (non-hydrogen) atoms. The second-order valence-electron chi connectivity index (χ2n) is 45.3. The fraction of sp³-hybridized carbons (Fsp3) is 0.830. The Labute approximate surface area is 708 Å². The number of hydrogen-bond donors (Lipinski definition) is 9. The van der Waals surface area contributed by atoms with Crippen LogP contribution in [0.1, 0.15) is 181 Å². The van der Waals surface area contributed by atoms with E-state index in [4.69, 9.17) is 14.2 Å². The maximum Gasteiger partial charge on any atom is 0.318 e. The lowest BCUT2D eigenvalue weighted by Crippen LogP contribution is -2.67. The second kappa shape index (κ2) is 28.7. The average molecular weight is 1680 g/mol. The number of rotatable bonds is 20. The van der Waals surface area contributed by atoms with Crippen LogP contribution in [0, 0.1) is 143 Å². The van der Waals surface area contributed by atoms with E-state index >= 15 is 9.59 Å². The maximum atomic E-state index is 15.3. The number of carbonyl (C=O) groups excluding carboxylic acids is 12. The number of nitriles is 3. The minimum absolute atomic E-state index is 0.00991. The quantitative estimate of drug-likeness (QED) is 0.0846. The number of nitrogens with zero attached hydrogens (tertiary/aromatic N) is 9. The van der Waals surface area contributed by atoms with Gasteiger partial charge in [0.05, 0.1) is 57.2 Å². The molecule has 17 fully saturated rings. The molecule has 0 aromatic carbocycles. The highest BCUT2D eigenvalue weighted by atomic mass is 16.5. The van der Waals surface area contributed by atoms with Gasteiger partial charge in [-0.1, -0.05) is 104 Å². The Hall–Kier alpha value is -8.61. The first kappa shape index (κ1) is 84.6. The van der Waals surface area contributed by atoms with Crippen molar-refractivity contribution in [3.05, 3.63) is 0 Å². The van der Waals surface area contributed by atoms with Gasteiger partial charge in [-0.2, -0.15) is 15.8 Å². The highest BCUT2D eigenvalue weighted by Crippen LogP contribution is 2.68. The fourth-order valence-electron chi connectivity index (χ4n) is 25.2. The molecule has 11 saturated heterocycles. The highest BCUT2D eigenvalue weighted by molar-refractivity contribution is 5.97. The van der Waals surface area contributed by atoms with Crippen LogP contribution in [0.5, 0.6) is 0 Å². The molecule has 24 atom stereocenters. The number of urea groups is 3. The molecule has 17 aliphatic rings. The third-order valence-electron chi connectivity index (χ3n) is 33.1. The van der Waals surface area contributed by atoms with Crippen LogP contribution in [0.15, 0.2) is 0 Å². The van der Waals surface area contributed by atoms with E-state index in [2.05, 4.69) is 108 Å². The number of carbonyl (C=O) groups is 12. The van der Waals surface area contributed by atoms with Crippen LogP contribution in [0.2, 0.25) is 0 Å². The summed E-state index contributed by atoms with van der Waals surface area (Å²) in [5.74, 6) is -5.88. The summed E-state index contributed by atoms with van der Waals surface area (Å²) in [6.07, 6.45) is 5.87. The second-order valence-corrected chi connectivity index (χ2v) is 45.3. The number of fused-ring (bicyclic) bond motifs is 3. The summed E-state index contributed by atoms with van der Waals surface area (Å²) in [7, 11) is 0. The van der Waals surface area contributed by atoms with Crippen LogP contribution >= 0.6 is 0 Å². The van der Waals surface area contributed by atoms with Crippen LogP contribution in [0.4, 0.5) is 14.4 Å². The van der Waals surface area contributed by atoms with Crippen LogP contribution in [-0.2, 0) is 57.4 Å². The smallest absolute Gasteiger partial charge is 0.318 e. The van der Waals surface area contributed by atoms with Crippen LogP contribution in [0.25, 0.3) is 0 Å².